The van der Waals surface area contributed by atoms with Crippen LogP contribution in [0.5, 0.6) is 0 Å². The Balaban J connectivity index is 1.40. The maximum absolute atomic E-state index is 13.0. The molecule has 7 heteroatoms. The van der Waals surface area contributed by atoms with Gasteiger partial charge in [-0.05, 0) is 60.1 Å². The molecule has 4 rings (SSSR count). The van der Waals surface area contributed by atoms with Crippen molar-refractivity contribution in [2.24, 2.45) is 11.8 Å². The highest BCUT2D eigenvalue weighted by Gasteiger charge is 2.31. The number of piperidine rings is 1. The molecule has 2 aromatic rings. The largest absolute Gasteiger partial charge is 0.373 e. The van der Waals surface area contributed by atoms with Gasteiger partial charge in [0.25, 0.3) is 0 Å². The molecule has 0 aromatic heterocycles. The van der Waals surface area contributed by atoms with Gasteiger partial charge in [0.1, 0.15) is 0 Å². The van der Waals surface area contributed by atoms with Crippen molar-refractivity contribution >= 4 is 21.6 Å². The van der Waals surface area contributed by atoms with Crippen molar-refractivity contribution in [2.45, 2.75) is 44.1 Å². The van der Waals surface area contributed by atoms with Crippen LogP contribution in [0.15, 0.2) is 53.4 Å². The van der Waals surface area contributed by atoms with E-state index in [1.54, 1.807) is 28.6 Å². The average Bonchev–Trinajstić information content (AvgIpc) is 2.74. The van der Waals surface area contributed by atoms with E-state index in [9.17, 15) is 13.2 Å². The number of anilines is 1. The lowest BCUT2D eigenvalue weighted by Crippen LogP contribution is -2.42. The topological polar surface area (TPSA) is 75.7 Å². The van der Waals surface area contributed by atoms with E-state index >= 15 is 0 Å². The summed E-state index contributed by atoms with van der Waals surface area (Å²) in [7, 11) is -3.53. The van der Waals surface area contributed by atoms with Crippen LogP contribution >= 0.6 is 0 Å². The van der Waals surface area contributed by atoms with Gasteiger partial charge in [0.05, 0.1) is 24.0 Å². The highest BCUT2D eigenvalue weighted by Crippen LogP contribution is 2.30. The normalized spacial score (nSPS) is 24.4. The Morgan fingerprint density at radius 1 is 1.06 bits per heavy atom. The summed E-state index contributed by atoms with van der Waals surface area (Å²) in [5, 5.41) is 2.86. The number of carbonyl (C=O) groups is 1. The molecule has 31 heavy (non-hydrogen) atoms. The van der Waals surface area contributed by atoms with E-state index in [4.69, 9.17) is 4.74 Å². The van der Waals surface area contributed by atoms with Crippen LogP contribution in [0.2, 0.25) is 0 Å². The first-order valence-electron chi connectivity index (χ1n) is 10.9. The summed E-state index contributed by atoms with van der Waals surface area (Å²) in [6.45, 7) is 5.88. The Labute approximate surface area is 184 Å². The lowest BCUT2D eigenvalue weighted by molar-refractivity contribution is -0.119. The second-order valence-electron chi connectivity index (χ2n) is 8.85. The second-order valence-corrected chi connectivity index (χ2v) is 10.8. The van der Waals surface area contributed by atoms with Gasteiger partial charge in [0.2, 0.25) is 15.9 Å². The first kappa shape index (κ1) is 22.0. The molecule has 0 spiro atoms. The summed E-state index contributed by atoms with van der Waals surface area (Å²) >= 11 is 0. The van der Waals surface area contributed by atoms with Crippen molar-refractivity contribution in [1.29, 1.82) is 0 Å². The van der Waals surface area contributed by atoms with Crippen LogP contribution < -0.4 is 5.32 Å². The minimum Gasteiger partial charge on any atom is -0.373 e. The molecule has 2 aliphatic rings. The van der Waals surface area contributed by atoms with Crippen LogP contribution in [0.3, 0.4) is 0 Å². The number of carbonyl (C=O) groups excluding carboxylic acids is 1. The Morgan fingerprint density at radius 2 is 1.74 bits per heavy atom. The number of hydrogen-bond acceptors (Lipinski definition) is 4. The van der Waals surface area contributed by atoms with Crippen molar-refractivity contribution in [1.82, 2.24) is 4.31 Å². The van der Waals surface area contributed by atoms with E-state index < -0.39 is 10.0 Å². The Kier molecular flexibility index (Phi) is 6.46. The fraction of sp³-hybridized carbons (Fsp3) is 0.458. The molecule has 2 aromatic carbocycles. The van der Waals surface area contributed by atoms with Gasteiger partial charge in [-0.1, -0.05) is 38.1 Å². The van der Waals surface area contributed by atoms with Gasteiger partial charge in [0.15, 0.2) is 0 Å². The molecule has 0 bridgehead atoms. The second kappa shape index (κ2) is 9.10. The molecule has 6 nitrogen and oxygen atoms in total. The molecule has 0 saturated carbocycles. The van der Waals surface area contributed by atoms with Crippen LogP contribution in [-0.2, 0) is 26.0 Å². The summed E-state index contributed by atoms with van der Waals surface area (Å²) < 4.78 is 33.4. The summed E-state index contributed by atoms with van der Waals surface area (Å²) in [6.07, 6.45) is 1.87. The van der Waals surface area contributed by atoms with Gasteiger partial charge < -0.3 is 10.1 Å². The zero-order valence-electron chi connectivity index (χ0n) is 18.1. The van der Waals surface area contributed by atoms with Crippen molar-refractivity contribution < 1.29 is 17.9 Å². The van der Waals surface area contributed by atoms with Crippen molar-refractivity contribution in [3.63, 3.8) is 0 Å². The molecule has 1 amide bonds. The first-order chi connectivity index (χ1) is 14.8. The van der Waals surface area contributed by atoms with E-state index in [0.717, 1.165) is 18.4 Å². The van der Waals surface area contributed by atoms with Crippen LogP contribution in [0.4, 0.5) is 5.69 Å². The highest BCUT2D eigenvalue weighted by molar-refractivity contribution is 7.89. The molecule has 1 saturated heterocycles. The Hall–Kier alpha value is -2.22. The van der Waals surface area contributed by atoms with Crippen LogP contribution in [0.25, 0.3) is 0 Å². The number of ether oxygens (including phenoxy) is 1. The minimum absolute atomic E-state index is 0.156. The molecule has 0 aliphatic carbocycles. The van der Waals surface area contributed by atoms with E-state index in [1.807, 2.05) is 18.2 Å². The first-order valence-corrected chi connectivity index (χ1v) is 12.4. The fourth-order valence-electron chi connectivity index (χ4n) is 4.69. The number of benzene rings is 2. The van der Waals surface area contributed by atoms with Gasteiger partial charge in [-0.3, -0.25) is 4.79 Å². The van der Waals surface area contributed by atoms with Crippen molar-refractivity contribution in [3.05, 3.63) is 59.7 Å². The van der Waals surface area contributed by atoms with Crippen LogP contribution in [0, 0.1) is 11.8 Å². The summed E-state index contributed by atoms with van der Waals surface area (Å²) in [5.41, 5.74) is 2.87. The summed E-state index contributed by atoms with van der Waals surface area (Å²) in [6, 6.07) is 14.5. The number of fused-ring (bicyclic) bond motifs is 1. The SMILES string of the molecule is CC1CC(C)CN(S(=O)(=O)c2ccc(NC(=O)CC3OCCc4ccccc43)cc2)C1. The molecule has 3 unspecified atom stereocenters. The summed E-state index contributed by atoms with van der Waals surface area (Å²) in [5.74, 6) is 0.546. The van der Waals surface area contributed by atoms with Crippen molar-refractivity contribution in [3.8, 4) is 0 Å². The third-order valence-electron chi connectivity index (χ3n) is 6.07. The quantitative estimate of drug-likeness (QED) is 0.760. The molecule has 1 N–H and O–H groups in total. The van der Waals surface area contributed by atoms with E-state index in [0.29, 0.717) is 37.2 Å². The molecule has 3 atom stereocenters. The number of nitrogens with one attached hydrogen (secondary N) is 1. The smallest absolute Gasteiger partial charge is 0.243 e. The fourth-order valence-corrected chi connectivity index (χ4v) is 6.37. The third kappa shape index (κ3) is 5.00. The lowest BCUT2D eigenvalue weighted by Gasteiger charge is -2.34. The molecular formula is C24H30N2O4S. The number of hydrogen-bond donors (Lipinski definition) is 1. The maximum atomic E-state index is 13.0. The lowest BCUT2D eigenvalue weighted by atomic mass is 9.94. The summed E-state index contributed by atoms with van der Waals surface area (Å²) in [4.78, 5) is 12.8. The monoisotopic (exact) mass is 442 g/mol. The Morgan fingerprint density at radius 3 is 2.45 bits per heavy atom. The van der Waals surface area contributed by atoms with Gasteiger partial charge >= 0.3 is 0 Å². The molecule has 166 valence electrons. The number of rotatable bonds is 5. The number of amides is 1. The third-order valence-corrected chi connectivity index (χ3v) is 7.92. The Bertz CT molecular complexity index is 1030. The molecule has 0 radical (unpaired) electrons. The zero-order chi connectivity index (χ0) is 22.0. The average molecular weight is 443 g/mol. The van der Waals surface area contributed by atoms with Gasteiger partial charge in [-0.2, -0.15) is 4.31 Å². The van der Waals surface area contributed by atoms with Crippen LogP contribution in [-0.4, -0.2) is 38.3 Å². The van der Waals surface area contributed by atoms with Gasteiger partial charge in [-0.25, -0.2) is 8.42 Å². The molecule has 2 heterocycles. The van der Waals surface area contributed by atoms with Crippen LogP contribution in [0.1, 0.15) is 43.9 Å². The molecule has 1 fully saturated rings. The highest BCUT2D eigenvalue weighted by atomic mass is 32.2. The zero-order valence-corrected chi connectivity index (χ0v) is 18.9. The maximum Gasteiger partial charge on any atom is 0.243 e. The molecular weight excluding hydrogens is 412 g/mol. The number of sulfonamides is 1. The van der Waals surface area contributed by atoms with E-state index in [-0.39, 0.29) is 23.3 Å². The predicted molar refractivity (Wildman–Crippen MR) is 120 cm³/mol. The van der Waals surface area contributed by atoms with Gasteiger partial charge in [0, 0.05) is 18.8 Å². The minimum atomic E-state index is -3.53. The van der Waals surface area contributed by atoms with E-state index in [2.05, 4.69) is 25.2 Å². The van der Waals surface area contributed by atoms with Crippen molar-refractivity contribution in [2.75, 3.05) is 25.0 Å². The predicted octanol–water partition coefficient (Wildman–Crippen LogP) is 4.00. The standard InChI is InChI=1S/C24H30N2O4S/c1-17-13-18(2)16-26(15-17)31(28,29)21-9-7-20(8-10-21)25-24(27)14-23-22-6-4-3-5-19(22)11-12-30-23/h3-10,17-18,23H,11-16H2,1-2H3,(H,25,27). The van der Waals surface area contributed by atoms with Gasteiger partial charge in [-0.15, -0.1) is 0 Å². The number of nitrogens with zero attached hydrogens (tertiary/aromatic N) is 1. The van der Waals surface area contributed by atoms with E-state index in [1.165, 1.54) is 5.56 Å². The molecule has 2 aliphatic heterocycles.